The monoisotopic (exact) mass is 166 g/mol. The summed E-state index contributed by atoms with van der Waals surface area (Å²) in [5.41, 5.74) is 1.46. The Morgan fingerprint density at radius 1 is 1.42 bits per heavy atom. The summed E-state index contributed by atoms with van der Waals surface area (Å²) in [4.78, 5) is 0. The van der Waals surface area contributed by atoms with Gasteiger partial charge in [0.25, 0.3) is 0 Å². The molecule has 1 saturated carbocycles. The maximum absolute atomic E-state index is 13.2. The molecule has 0 spiro atoms. The van der Waals surface area contributed by atoms with E-state index >= 15 is 0 Å². The first kappa shape index (κ1) is 7.74. The Hall–Kier alpha value is -0.890. The van der Waals surface area contributed by atoms with Crippen LogP contribution >= 0.6 is 0 Å². The number of hydrogen-bond donors (Lipinski definition) is 1. The maximum atomic E-state index is 13.2. The van der Waals surface area contributed by atoms with E-state index in [0.717, 1.165) is 18.4 Å². The third-order valence-electron chi connectivity index (χ3n) is 2.26. The molecule has 0 bridgehead atoms. The van der Waals surface area contributed by atoms with Crippen LogP contribution in [0.5, 0.6) is 0 Å². The fraction of sp³-hybridized carbons (Fsp3) is 0.400. The fourth-order valence-electron chi connectivity index (χ4n) is 1.39. The third kappa shape index (κ3) is 1.34. The minimum atomic E-state index is -0.163. The molecule has 1 aliphatic carbocycles. The summed E-state index contributed by atoms with van der Waals surface area (Å²) in [6.07, 6.45) is 2.21. The van der Waals surface area contributed by atoms with Gasteiger partial charge in [-0.1, -0.05) is 12.1 Å². The average molecular weight is 166 g/mol. The zero-order chi connectivity index (χ0) is 8.55. The van der Waals surface area contributed by atoms with Crippen molar-refractivity contribution in [3.63, 3.8) is 0 Å². The highest BCUT2D eigenvalue weighted by atomic mass is 19.1. The summed E-state index contributed by atoms with van der Waals surface area (Å²) in [5.74, 6) is 0.279. The predicted octanol–water partition coefficient (Wildman–Crippen LogP) is 2.20. The first-order valence-electron chi connectivity index (χ1n) is 4.20. The Bertz CT molecular complexity index is 292. The zero-order valence-electron chi connectivity index (χ0n) is 6.76. The van der Waals surface area contributed by atoms with Crippen molar-refractivity contribution in [2.45, 2.75) is 25.4 Å². The predicted molar refractivity (Wildman–Crippen MR) is 44.3 cm³/mol. The van der Waals surface area contributed by atoms with E-state index < -0.39 is 0 Å². The van der Waals surface area contributed by atoms with Crippen LogP contribution in [0, 0.1) is 5.82 Å². The molecule has 1 fully saturated rings. The van der Waals surface area contributed by atoms with Crippen LogP contribution in [0.3, 0.4) is 0 Å². The van der Waals surface area contributed by atoms with Gasteiger partial charge in [-0.05, 0) is 36.0 Å². The second kappa shape index (κ2) is 2.87. The standard InChI is InChI=1S/C10H11FO/c11-10-5-7(6-12)1-4-9(10)8-2-3-8/h1,4-5,8,12H,2-3,6H2. The van der Waals surface area contributed by atoms with Crippen molar-refractivity contribution in [3.05, 3.63) is 35.1 Å². The molecule has 64 valence electrons. The van der Waals surface area contributed by atoms with E-state index in [0.29, 0.717) is 11.5 Å². The Kier molecular flexibility index (Phi) is 1.85. The molecule has 2 heteroatoms. The maximum Gasteiger partial charge on any atom is 0.127 e. The first-order valence-corrected chi connectivity index (χ1v) is 4.20. The minimum Gasteiger partial charge on any atom is -0.392 e. The average Bonchev–Trinajstić information content (AvgIpc) is 2.87. The minimum absolute atomic E-state index is 0.0815. The molecule has 0 heterocycles. The lowest BCUT2D eigenvalue weighted by Gasteiger charge is -2.02. The van der Waals surface area contributed by atoms with Crippen LogP contribution in [-0.4, -0.2) is 5.11 Å². The zero-order valence-corrected chi connectivity index (χ0v) is 6.76. The van der Waals surface area contributed by atoms with Gasteiger partial charge in [-0.15, -0.1) is 0 Å². The van der Waals surface area contributed by atoms with Crippen molar-refractivity contribution in [3.8, 4) is 0 Å². The molecule has 1 aromatic rings. The molecule has 0 amide bonds. The molecule has 1 aromatic carbocycles. The quantitative estimate of drug-likeness (QED) is 0.714. The summed E-state index contributed by atoms with van der Waals surface area (Å²) < 4.78 is 13.2. The highest BCUT2D eigenvalue weighted by molar-refractivity contribution is 5.29. The van der Waals surface area contributed by atoms with Crippen molar-refractivity contribution in [2.24, 2.45) is 0 Å². The summed E-state index contributed by atoms with van der Waals surface area (Å²) >= 11 is 0. The molecule has 1 N–H and O–H groups in total. The molecule has 0 aromatic heterocycles. The SMILES string of the molecule is OCc1ccc(C2CC2)c(F)c1. The summed E-state index contributed by atoms with van der Waals surface area (Å²) in [7, 11) is 0. The number of aliphatic hydroxyl groups is 1. The highest BCUT2D eigenvalue weighted by Crippen LogP contribution is 2.41. The lowest BCUT2D eigenvalue weighted by Crippen LogP contribution is -1.90. The van der Waals surface area contributed by atoms with Gasteiger partial charge >= 0.3 is 0 Å². The molecule has 0 saturated heterocycles. The van der Waals surface area contributed by atoms with E-state index in [1.54, 1.807) is 12.1 Å². The van der Waals surface area contributed by atoms with Crippen LogP contribution in [0.15, 0.2) is 18.2 Å². The van der Waals surface area contributed by atoms with E-state index in [1.165, 1.54) is 6.07 Å². The van der Waals surface area contributed by atoms with Crippen molar-refractivity contribution < 1.29 is 9.50 Å². The van der Waals surface area contributed by atoms with Crippen LogP contribution in [-0.2, 0) is 6.61 Å². The Morgan fingerprint density at radius 2 is 2.17 bits per heavy atom. The van der Waals surface area contributed by atoms with Gasteiger partial charge in [0.2, 0.25) is 0 Å². The molecule has 0 unspecified atom stereocenters. The Balaban J connectivity index is 2.32. The number of benzene rings is 1. The number of halogens is 1. The van der Waals surface area contributed by atoms with Gasteiger partial charge in [0, 0.05) is 0 Å². The van der Waals surface area contributed by atoms with Gasteiger partial charge < -0.3 is 5.11 Å². The molecule has 0 radical (unpaired) electrons. The third-order valence-corrected chi connectivity index (χ3v) is 2.26. The number of aliphatic hydroxyl groups excluding tert-OH is 1. The van der Waals surface area contributed by atoms with E-state index in [-0.39, 0.29) is 12.4 Å². The normalized spacial score (nSPS) is 16.5. The van der Waals surface area contributed by atoms with Crippen LogP contribution in [0.1, 0.15) is 29.9 Å². The van der Waals surface area contributed by atoms with Gasteiger partial charge in [-0.2, -0.15) is 0 Å². The number of hydrogen-bond acceptors (Lipinski definition) is 1. The Labute approximate surface area is 70.8 Å². The molecular formula is C10H11FO. The first-order chi connectivity index (χ1) is 5.81. The summed E-state index contributed by atoms with van der Waals surface area (Å²) in [6, 6.07) is 5.00. The molecule has 0 aliphatic heterocycles. The largest absolute Gasteiger partial charge is 0.392 e. The van der Waals surface area contributed by atoms with Crippen molar-refractivity contribution in [2.75, 3.05) is 0 Å². The van der Waals surface area contributed by atoms with E-state index in [9.17, 15) is 4.39 Å². The van der Waals surface area contributed by atoms with E-state index in [4.69, 9.17) is 5.11 Å². The van der Waals surface area contributed by atoms with E-state index in [1.807, 2.05) is 0 Å². The molecule has 12 heavy (non-hydrogen) atoms. The lowest BCUT2D eigenvalue weighted by molar-refractivity contribution is 0.281. The number of rotatable bonds is 2. The molecule has 2 rings (SSSR count). The van der Waals surface area contributed by atoms with Crippen LogP contribution < -0.4 is 0 Å². The van der Waals surface area contributed by atoms with Gasteiger partial charge in [-0.3, -0.25) is 0 Å². The van der Waals surface area contributed by atoms with Crippen molar-refractivity contribution in [1.29, 1.82) is 0 Å². The van der Waals surface area contributed by atoms with Gasteiger partial charge in [0.05, 0.1) is 6.61 Å². The van der Waals surface area contributed by atoms with Crippen molar-refractivity contribution in [1.82, 2.24) is 0 Å². The summed E-state index contributed by atoms with van der Waals surface area (Å²) in [5, 5.41) is 8.74. The molecule has 0 atom stereocenters. The molecule has 1 aliphatic rings. The topological polar surface area (TPSA) is 20.2 Å². The molecular weight excluding hydrogens is 155 g/mol. The van der Waals surface area contributed by atoms with Crippen molar-refractivity contribution >= 4 is 0 Å². The summed E-state index contributed by atoms with van der Waals surface area (Å²) in [6.45, 7) is -0.0815. The lowest BCUT2D eigenvalue weighted by atomic mass is 10.1. The van der Waals surface area contributed by atoms with Crippen LogP contribution in [0.2, 0.25) is 0 Å². The smallest absolute Gasteiger partial charge is 0.127 e. The van der Waals surface area contributed by atoms with Gasteiger partial charge in [-0.25, -0.2) is 4.39 Å². The molecule has 1 nitrogen and oxygen atoms in total. The highest BCUT2D eigenvalue weighted by Gasteiger charge is 2.26. The van der Waals surface area contributed by atoms with Gasteiger partial charge in [0.1, 0.15) is 5.82 Å². The van der Waals surface area contributed by atoms with Crippen LogP contribution in [0.25, 0.3) is 0 Å². The van der Waals surface area contributed by atoms with Gasteiger partial charge in [0.15, 0.2) is 0 Å². The second-order valence-corrected chi connectivity index (χ2v) is 3.29. The second-order valence-electron chi connectivity index (χ2n) is 3.29. The Morgan fingerprint density at radius 3 is 2.67 bits per heavy atom. The fourth-order valence-corrected chi connectivity index (χ4v) is 1.39. The van der Waals surface area contributed by atoms with E-state index in [2.05, 4.69) is 0 Å². The van der Waals surface area contributed by atoms with Crippen LogP contribution in [0.4, 0.5) is 4.39 Å².